The van der Waals surface area contributed by atoms with Crippen LogP contribution in [0.3, 0.4) is 0 Å². The largest absolute Gasteiger partial charge is 0.494 e. The second-order valence-electron chi connectivity index (χ2n) is 6.96. The maximum Gasteiger partial charge on any atom is 0.238 e. The van der Waals surface area contributed by atoms with Gasteiger partial charge in [-0.25, -0.2) is 21.6 Å². The molecular formula is C19H20F3IN2O5S. The van der Waals surface area contributed by atoms with E-state index in [1.807, 2.05) is 22.6 Å². The van der Waals surface area contributed by atoms with Crippen LogP contribution in [0.15, 0.2) is 24.3 Å². The van der Waals surface area contributed by atoms with Crippen LogP contribution >= 0.6 is 22.6 Å². The average molecular weight is 572 g/mol. The Labute approximate surface area is 191 Å². The number of hydrogen-bond acceptors (Lipinski definition) is 6. The van der Waals surface area contributed by atoms with E-state index in [-0.39, 0.29) is 11.4 Å². The number of sulfonamides is 1. The molecule has 0 radical (unpaired) electrons. The van der Waals surface area contributed by atoms with Crippen LogP contribution in [0.5, 0.6) is 5.75 Å². The van der Waals surface area contributed by atoms with Gasteiger partial charge in [-0.05, 0) is 53.6 Å². The predicted octanol–water partition coefficient (Wildman–Crippen LogP) is 3.11. The van der Waals surface area contributed by atoms with Crippen LogP contribution in [0.2, 0.25) is 0 Å². The normalized spacial score (nSPS) is 14.9. The van der Waals surface area contributed by atoms with Gasteiger partial charge in [-0.3, -0.25) is 4.31 Å². The summed E-state index contributed by atoms with van der Waals surface area (Å²) in [6.45, 7) is -1.40. The number of halogens is 4. The quantitative estimate of drug-likeness (QED) is 0.400. The van der Waals surface area contributed by atoms with Crippen molar-refractivity contribution in [3.63, 3.8) is 0 Å². The number of hydrogen-bond donors (Lipinski definition) is 3. The summed E-state index contributed by atoms with van der Waals surface area (Å²) in [5, 5.41) is 20.8. The van der Waals surface area contributed by atoms with Gasteiger partial charge in [-0.1, -0.05) is 0 Å². The highest BCUT2D eigenvalue weighted by Gasteiger charge is 2.43. The van der Waals surface area contributed by atoms with E-state index in [4.69, 9.17) is 4.74 Å². The number of anilines is 3. The van der Waals surface area contributed by atoms with Crippen LogP contribution in [-0.2, 0) is 10.0 Å². The number of benzene rings is 2. The van der Waals surface area contributed by atoms with Crippen molar-refractivity contribution in [1.82, 2.24) is 0 Å². The molecule has 0 saturated heterocycles. The Bertz CT molecular complexity index is 1080. The smallest absolute Gasteiger partial charge is 0.238 e. The maximum atomic E-state index is 14.9. The average Bonchev–Trinajstić information content (AvgIpc) is 3.57. The summed E-state index contributed by atoms with van der Waals surface area (Å²) in [6.07, 6.45) is -0.794. The van der Waals surface area contributed by atoms with Crippen LogP contribution in [-0.4, -0.2) is 50.2 Å². The molecule has 1 aliphatic carbocycles. The monoisotopic (exact) mass is 572 g/mol. The number of rotatable bonds is 9. The van der Waals surface area contributed by atoms with E-state index in [1.54, 1.807) is 0 Å². The van der Waals surface area contributed by atoms with Crippen molar-refractivity contribution in [3.8, 4) is 5.75 Å². The second-order valence-corrected chi connectivity index (χ2v) is 10.3. The number of ether oxygens (including phenoxy) is 1. The molecule has 1 aliphatic rings. The van der Waals surface area contributed by atoms with Crippen molar-refractivity contribution in [2.75, 3.05) is 29.9 Å². The zero-order valence-electron chi connectivity index (χ0n) is 16.3. The lowest BCUT2D eigenvalue weighted by molar-refractivity contribution is 0.102. The molecule has 0 spiro atoms. The lowest BCUT2D eigenvalue weighted by atomic mass is 10.2. The fourth-order valence-electron chi connectivity index (χ4n) is 2.95. The molecule has 3 N–H and O–H groups in total. The van der Waals surface area contributed by atoms with Gasteiger partial charge in [-0.15, -0.1) is 0 Å². The molecular weight excluding hydrogens is 552 g/mol. The predicted molar refractivity (Wildman–Crippen MR) is 118 cm³/mol. The van der Waals surface area contributed by atoms with E-state index >= 15 is 0 Å². The van der Waals surface area contributed by atoms with E-state index in [0.717, 1.165) is 13.2 Å². The third-order valence-corrected chi connectivity index (χ3v) is 7.59. The van der Waals surface area contributed by atoms with Crippen LogP contribution < -0.4 is 14.4 Å². The number of aliphatic hydroxyl groups excluding tert-OH is 2. The fourth-order valence-corrected chi connectivity index (χ4v) is 5.31. The molecule has 1 saturated carbocycles. The summed E-state index contributed by atoms with van der Waals surface area (Å²) in [5.41, 5.74) is -1.33. The highest BCUT2D eigenvalue weighted by Crippen LogP contribution is 2.45. The van der Waals surface area contributed by atoms with Crippen molar-refractivity contribution in [3.05, 3.63) is 45.3 Å². The lowest BCUT2D eigenvalue weighted by Gasteiger charge is -2.30. The van der Waals surface area contributed by atoms with E-state index in [1.165, 1.54) is 12.1 Å². The van der Waals surface area contributed by atoms with E-state index in [0.29, 0.717) is 26.8 Å². The summed E-state index contributed by atoms with van der Waals surface area (Å²) in [6, 6.07) is 4.64. The van der Waals surface area contributed by atoms with E-state index < -0.39 is 63.4 Å². The molecule has 2 aromatic carbocycles. The standard InChI is InChI=1S/C19H20F3IN2O5S/c1-30-16-7-14(21)17(22)18(24-15-5-2-10(23)6-13(15)20)19(16)25(8-11(27)9-26)31(28,29)12-3-4-12/h2,5-7,11-12,24,26-27H,3-4,8-9H2,1H3/t11-/m0/s1. The van der Waals surface area contributed by atoms with Gasteiger partial charge in [0, 0.05) is 9.64 Å². The first kappa shape index (κ1) is 23.9. The molecule has 12 heteroatoms. The van der Waals surface area contributed by atoms with Gasteiger partial charge in [0.25, 0.3) is 0 Å². The highest BCUT2D eigenvalue weighted by molar-refractivity contribution is 14.1. The van der Waals surface area contributed by atoms with Gasteiger partial charge in [0.1, 0.15) is 22.9 Å². The Morgan fingerprint density at radius 2 is 1.94 bits per heavy atom. The molecule has 0 aliphatic heterocycles. The third-order valence-electron chi connectivity index (χ3n) is 4.66. The molecule has 0 aromatic heterocycles. The SMILES string of the molecule is COc1cc(F)c(F)c(Nc2ccc(I)cc2F)c1N(C[C@H](O)CO)S(=O)(=O)C1CC1. The van der Waals surface area contributed by atoms with Crippen LogP contribution in [0.25, 0.3) is 0 Å². The van der Waals surface area contributed by atoms with E-state index in [2.05, 4.69) is 5.32 Å². The Balaban J connectivity index is 2.23. The van der Waals surface area contributed by atoms with Crippen molar-refractivity contribution in [1.29, 1.82) is 0 Å². The summed E-state index contributed by atoms with van der Waals surface area (Å²) < 4.78 is 76.1. The van der Waals surface area contributed by atoms with Crippen LogP contribution in [0.4, 0.5) is 30.2 Å². The summed E-state index contributed by atoms with van der Waals surface area (Å²) >= 11 is 1.87. The number of nitrogens with zero attached hydrogens (tertiary/aromatic N) is 1. The van der Waals surface area contributed by atoms with E-state index in [9.17, 15) is 31.8 Å². The molecule has 1 fully saturated rings. The molecule has 7 nitrogen and oxygen atoms in total. The third kappa shape index (κ3) is 5.02. The number of aliphatic hydroxyl groups is 2. The first-order valence-electron chi connectivity index (χ1n) is 9.18. The van der Waals surface area contributed by atoms with Crippen LogP contribution in [0.1, 0.15) is 12.8 Å². The summed E-state index contributed by atoms with van der Waals surface area (Å²) in [5.74, 6) is -3.92. The molecule has 0 heterocycles. The molecule has 0 bridgehead atoms. The first-order chi connectivity index (χ1) is 14.6. The Kier molecular flexibility index (Phi) is 7.23. The lowest BCUT2D eigenvalue weighted by Crippen LogP contribution is -2.41. The minimum absolute atomic E-state index is 0.223. The van der Waals surface area contributed by atoms with Crippen molar-refractivity contribution in [2.24, 2.45) is 0 Å². The maximum absolute atomic E-state index is 14.9. The molecule has 2 aromatic rings. The molecule has 3 rings (SSSR count). The molecule has 0 unspecified atom stereocenters. The topological polar surface area (TPSA) is 99.1 Å². The van der Waals surface area contributed by atoms with Crippen LogP contribution in [0, 0.1) is 21.0 Å². The Morgan fingerprint density at radius 1 is 1.26 bits per heavy atom. The zero-order valence-corrected chi connectivity index (χ0v) is 19.3. The Morgan fingerprint density at radius 3 is 2.48 bits per heavy atom. The highest BCUT2D eigenvalue weighted by atomic mass is 127. The minimum atomic E-state index is -4.12. The van der Waals surface area contributed by atoms with Gasteiger partial charge >= 0.3 is 0 Å². The van der Waals surface area contributed by atoms with Crippen molar-refractivity contribution >= 4 is 49.7 Å². The fraction of sp³-hybridized carbons (Fsp3) is 0.368. The van der Waals surface area contributed by atoms with Crippen molar-refractivity contribution in [2.45, 2.75) is 24.2 Å². The Hall–Kier alpha value is -1.77. The van der Waals surface area contributed by atoms with Gasteiger partial charge in [0.05, 0.1) is 37.3 Å². The zero-order chi connectivity index (χ0) is 22.9. The number of nitrogens with one attached hydrogen (secondary N) is 1. The summed E-state index contributed by atoms with van der Waals surface area (Å²) in [4.78, 5) is 0. The molecule has 31 heavy (non-hydrogen) atoms. The molecule has 0 amide bonds. The summed E-state index contributed by atoms with van der Waals surface area (Å²) in [7, 11) is -2.99. The minimum Gasteiger partial charge on any atom is -0.494 e. The van der Waals surface area contributed by atoms with Crippen molar-refractivity contribution < 1.29 is 36.5 Å². The van der Waals surface area contributed by atoms with Gasteiger partial charge in [0.15, 0.2) is 11.6 Å². The number of methoxy groups -OCH3 is 1. The first-order valence-corrected chi connectivity index (χ1v) is 11.8. The molecule has 1 atom stereocenters. The van der Waals surface area contributed by atoms with Gasteiger partial charge < -0.3 is 20.3 Å². The van der Waals surface area contributed by atoms with Gasteiger partial charge in [0.2, 0.25) is 10.0 Å². The second kappa shape index (κ2) is 9.38. The van der Waals surface area contributed by atoms with Gasteiger partial charge in [-0.2, -0.15) is 0 Å². The molecule has 170 valence electrons.